The number of pyridine rings is 1. The number of nitrogens with two attached hydrogens (primary N) is 1. The number of anilines is 3. The Balaban J connectivity index is 1.55. The van der Waals surface area contributed by atoms with E-state index < -0.39 is 11.0 Å². The molecule has 2 aromatic heterocycles. The molecular weight excluding hydrogens is 388 g/mol. The summed E-state index contributed by atoms with van der Waals surface area (Å²) in [5, 5.41) is 20.6. The third-order valence-electron chi connectivity index (χ3n) is 4.40. The molecule has 4 aromatic rings. The van der Waals surface area contributed by atoms with Crippen LogP contribution in [0.1, 0.15) is 5.69 Å². The van der Waals surface area contributed by atoms with Crippen molar-refractivity contribution in [2.45, 2.75) is 6.92 Å². The minimum absolute atomic E-state index is 0.106. The molecule has 0 atom stereocenters. The third kappa shape index (κ3) is 3.61. The largest absolute Gasteiger partial charge is 0.380 e. The Morgan fingerprint density at radius 3 is 2.60 bits per heavy atom. The summed E-state index contributed by atoms with van der Waals surface area (Å²) in [6.45, 7) is 1.84. The number of nitro benzene ring substituents is 1. The Hall–Kier alpha value is -4.47. The summed E-state index contributed by atoms with van der Waals surface area (Å²) < 4.78 is 5.15. The zero-order valence-electron chi connectivity index (χ0n) is 15.7. The highest BCUT2D eigenvalue weighted by molar-refractivity contribution is 6.02. The van der Waals surface area contributed by atoms with Crippen LogP contribution in [0.4, 0.5) is 27.7 Å². The number of urea groups is 1. The van der Waals surface area contributed by atoms with Crippen LogP contribution in [0, 0.1) is 17.0 Å². The molecule has 0 fully saturated rings. The van der Waals surface area contributed by atoms with E-state index in [9.17, 15) is 14.9 Å². The van der Waals surface area contributed by atoms with E-state index in [4.69, 9.17) is 10.3 Å². The molecule has 2 heterocycles. The molecule has 10 nitrogen and oxygen atoms in total. The van der Waals surface area contributed by atoms with Crippen LogP contribution in [0.3, 0.4) is 0 Å². The molecule has 150 valence electrons. The number of aromatic nitrogens is 2. The van der Waals surface area contributed by atoms with E-state index in [0.717, 1.165) is 16.8 Å². The normalized spacial score (nSPS) is 10.7. The number of para-hydroxylation sites is 2. The fraction of sp³-hybridized carbons (Fsp3) is 0.0500. The zero-order chi connectivity index (χ0) is 21.3. The van der Waals surface area contributed by atoms with Crippen LogP contribution in [0.25, 0.3) is 22.2 Å². The topological polar surface area (TPSA) is 149 Å². The van der Waals surface area contributed by atoms with Gasteiger partial charge in [-0.3, -0.25) is 10.1 Å². The van der Waals surface area contributed by atoms with Crippen molar-refractivity contribution in [2.24, 2.45) is 0 Å². The first-order chi connectivity index (χ1) is 14.4. The van der Waals surface area contributed by atoms with Crippen LogP contribution in [0.2, 0.25) is 0 Å². The number of nitro groups is 1. The van der Waals surface area contributed by atoms with E-state index in [1.54, 1.807) is 30.3 Å². The van der Waals surface area contributed by atoms with Gasteiger partial charge in [-0.1, -0.05) is 29.4 Å². The lowest BCUT2D eigenvalue weighted by molar-refractivity contribution is -0.383. The maximum atomic E-state index is 12.3. The molecule has 0 saturated heterocycles. The van der Waals surface area contributed by atoms with Gasteiger partial charge >= 0.3 is 6.03 Å². The Kier molecular flexibility index (Phi) is 4.72. The van der Waals surface area contributed by atoms with Crippen LogP contribution in [-0.4, -0.2) is 21.1 Å². The lowest BCUT2D eigenvalue weighted by Crippen LogP contribution is -2.20. The van der Waals surface area contributed by atoms with E-state index in [1.807, 2.05) is 13.0 Å². The van der Waals surface area contributed by atoms with E-state index >= 15 is 0 Å². The molecular formula is C20H16N6O4. The van der Waals surface area contributed by atoms with E-state index in [0.29, 0.717) is 16.8 Å². The highest BCUT2D eigenvalue weighted by Crippen LogP contribution is 2.33. The fourth-order valence-electron chi connectivity index (χ4n) is 3.08. The first-order valence-electron chi connectivity index (χ1n) is 8.87. The van der Waals surface area contributed by atoms with Gasteiger partial charge in [0.25, 0.3) is 11.4 Å². The van der Waals surface area contributed by atoms with Crippen molar-refractivity contribution in [1.29, 1.82) is 0 Å². The molecule has 2 amide bonds. The smallest absolute Gasteiger partial charge is 0.323 e. The lowest BCUT2D eigenvalue weighted by Gasteiger charge is -2.09. The van der Waals surface area contributed by atoms with Crippen LogP contribution >= 0.6 is 0 Å². The summed E-state index contributed by atoms with van der Waals surface area (Å²) in [6.07, 6.45) is 0. The van der Waals surface area contributed by atoms with Crippen LogP contribution in [0.15, 0.2) is 59.1 Å². The standard InChI is InChI=1S/C20H16N6O4/c1-11-10-14(17-18(21)25-30-19(17)22-11)12-6-8-13(9-7-12)23-20(27)24-15-4-2-3-5-16(15)26(28)29/h2-10H,1H3,(H2,21,25)(H2,23,24,27). The first kappa shape index (κ1) is 18.9. The third-order valence-corrected chi connectivity index (χ3v) is 4.40. The molecule has 0 aliphatic carbocycles. The summed E-state index contributed by atoms with van der Waals surface area (Å²) in [5.74, 6) is 0.249. The molecule has 0 bridgehead atoms. The minimum atomic E-state index is -0.595. The molecule has 10 heteroatoms. The highest BCUT2D eigenvalue weighted by atomic mass is 16.6. The van der Waals surface area contributed by atoms with Crippen molar-refractivity contribution >= 4 is 40.0 Å². The van der Waals surface area contributed by atoms with Crippen LogP contribution < -0.4 is 16.4 Å². The SMILES string of the molecule is Cc1cc(-c2ccc(NC(=O)Nc3ccccc3[N+](=O)[O-])cc2)c2c(N)noc2n1. The summed E-state index contributed by atoms with van der Waals surface area (Å²) in [6, 6.07) is 14.2. The number of carbonyl (C=O) groups excluding carboxylic acids is 1. The number of benzene rings is 2. The Morgan fingerprint density at radius 1 is 1.13 bits per heavy atom. The maximum Gasteiger partial charge on any atom is 0.323 e. The molecule has 30 heavy (non-hydrogen) atoms. The predicted molar refractivity (Wildman–Crippen MR) is 112 cm³/mol. The fourth-order valence-corrected chi connectivity index (χ4v) is 3.08. The number of nitrogens with zero attached hydrogens (tertiary/aromatic N) is 3. The Morgan fingerprint density at radius 2 is 1.87 bits per heavy atom. The monoisotopic (exact) mass is 404 g/mol. The van der Waals surface area contributed by atoms with Crippen molar-refractivity contribution in [3.63, 3.8) is 0 Å². The average Bonchev–Trinajstić information content (AvgIpc) is 3.08. The Bertz CT molecular complexity index is 1270. The summed E-state index contributed by atoms with van der Waals surface area (Å²) in [4.78, 5) is 27.0. The van der Waals surface area contributed by atoms with Gasteiger partial charge in [-0.2, -0.15) is 0 Å². The number of nitrogens with one attached hydrogen (secondary N) is 2. The number of carbonyl (C=O) groups is 1. The molecule has 2 aromatic carbocycles. The van der Waals surface area contributed by atoms with Crippen molar-refractivity contribution in [3.8, 4) is 11.1 Å². The molecule has 0 unspecified atom stereocenters. The highest BCUT2D eigenvalue weighted by Gasteiger charge is 2.16. The number of amides is 2. The zero-order valence-corrected chi connectivity index (χ0v) is 15.7. The number of rotatable bonds is 4. The molecule has 0 radical (unpaired) electrons. The summed E-state index contributed by atoms with van der Waals surface area (Å²) >= 11 is 0. The quantitative estimate of drug-likeness (QED) is 0.338. The summed E-state index contributed by atoms with van der Waals surface area (Å²) in [5.41, 5.74) is 9.09. The number of fused-ring (bicyclic) bond motifs is 1. The van der Waals surface area contributed by atoms with Gasteiger partial charge in [0.15, 0.2) is 5.82 Å². The lowest BCUT2D eigenvalue weighted by atomic mass is 10.0. The van der Waals surface area contributed by atoms with Gasteiger partial charge in [0.05, 0.1) is 10.3 Å². The van der Waals surface area contributed by atoms with Gasteiger partial charge in [0, 0.05) is 23.0 Å². The van der Waals surface area contributed by atoms with Gasteiger partial charge in [-0.25, -0.2) is 9.78 Å². The van der Waals surface area contributed by atoms with Gasteiger partial charge in [-0.15, -0.1) is 0 Å². The van der Waals surface area contributed by atoms with Gasteiger partial charge < -0.3 is 20.9 Å². The van der Waals surface area contributed by atoms with Gasteiger partial charge in [-0.05, 0) is 36.8 Å². The molecule has 0 saturated carbocycles. The summed E-state index contributed by atoms with van der Waals surface area (Å²) in [7, 11) is 0. The van der Waals surface area contributed by atoms with Crippen molar-refractivity contribution in [2.75, 3.05) is 16.4 Å². The number of hydrogen-bond donors (Lipinski definition) is 3. The second-order valence-electron chi connectivity index (χ2n) is 6.49. The molecule has 0 aliphatic rings. The molecule has 4 rings (SSSR count). The van der Waals surface area contributed by atoms with Crippen molar-refractivity contribution < 1.29 is 14.2 Å². The second-order valence-corrected chi connectivity index (χ2v) is 6.49. The molecule has 0 aliphatic heterocycles. The number of nitrogen functional groups attached to an aromatic ring is 1. The van der Waals surface area contributed by atoms with E-state index in [-0.39, 0.29) is 17.2 Å². The van der Waals surface area contributed by atoms with Crippen molar-refractivity contribution in [3.05, 3.63) is 70.4 Å². The van der Waals surface area contributed by atoms with Crippen LogP contribution in [-0.2, 0) is 0 Å². The average molecular weight is 404 g/mol. The maximum absolute atomic E-state index is 12.3. The van der Waals surface area contributed by atoms with Gasteiger partial charge in [0.1, 0.15) is 5.69 Å². The number of hydrogen-bond acceptors (Lipinski definition) is 7. The molecule has 4 N–H and O–H groups in total. The Labute approximate surface area is 169 Å². The van der Waals surface area contributed by atoms with E-state index in [2.05, 4.69) is 20.8 Å². The van der Waals surface area contributed by atoms with Gasteiger partial charge in [0.2, 0.25) is 0 Å². The predicted octanol–water partition coefficient (Wildman–Crippen LogP) is 4.33. The first-order valence-corrected chi connectivity index (χ1v) is 8.87. The minimum Gasteiger partial charge on any atom is -0.380 e. The number of aryl methyl sites for hydroxylation is 1. The second kappa shape index (κ2) is 7.51. The molecule has 0 spiro atoms. The van der Waals surface area contributed by atoms with Crippen LogP contribution in [0.5, 0.6) is 0 Å². The van der Waals surface area contributed by atoms with Crippen molar-refractivity contribution in [1.82, 2.24) is 10.1 Å². The van der Waals surface area contributed by atoms with E-state index in [1.165, 1.54) is 18.2 Å².